The Kier molecular flexibility index (Phi) is 5.52. The Morgan fingerprint density at radius 3 is 2.17 bits per heavy atom. The molecular weight excluding hydrogens is 288 g/mol. The number of anilines is 2. The van der Waals surface area contributed by atoms with Crippen LogP contribution in [-0.4, -0.2) is 18.4 Å². The van der Waals surface area contributed by atoms with Gasteiger partial charge >= 0.3 is 0 Å². The van der Waals surface area contributed by atoms with E-state index < -0.39 is 0 Å². The molecule has 0 unspecified atom stereocenters. The topological polar surface area (TPSA) is 49.4 Å². The number of carbonyl (C=O) groups excluding carboxylic acids is 2. The number of nitrogens with one attached hydrogen (secondary N) is 1. The van der Waals surface area contributed by atoms with Crippen LogP contribution in [0, 0.1) is 13.8 Å². The van der Waals surface area contributed by atoms with Crippen LogP contribution in [0.25, 0.3) is 0 Å². The lowest BCUT2D eigenvalue weighted by Gasteiger charge is -2.23. The highest BCUT2D eigenvalue weighted by Gasteiger charge is 2.15. The highest BCUT2D eigenvalue weighted by Crippen LogP contribution is 2.20. The summed E-state index contributed by atoms with van der Waals surface area (Å²) in [6.07, 6.45) is 0.252. The third-order valence-corrected chi connectivity index (χ3v) is 3.77. The Balaban J connectivity index is 2.02. The van der Waals surface area contributed by atoms with Crippen molar-refractivity contribution in [3.63, 3.8) is 0 Å². The first-order chi connectivity index (χ1) is 11.0. The fourth-order valence-corrected chi connectivity index (χ4v) is 2.45. The summed E-state index contributed by atoms with van der Waals surface area (Å²) in [7, 11) is 0. The molecule has 2 aromatic carbocycles. The highest BCUT2D eigenvalue weighted by atomic mass is 16.2. The van der Waals surface area contributed by atoms with Gasteiger partial charge in [0.15, 0.2) is 0 Å². The maximum atomic E-state index is 12.2. The minimum absolute atomic E-state index is 0.0667. The second-order valence-electron chi connectivity index (χ2n) is 5.57. The minimum atomic E-state index is -0.0980. The van der Waals surface area contributed by atoms with Crippen LogP contribution in [0.5, 0.6) is 0 Å². The predicted octanol–water partition coefficient (Wildman–Crippen LogP) is 3.69. The molecule has 0 aliphatic rings. The second-order valence-corrected chi connectivity index (χ2v) is 5.57. The SMILES string of the molecule is CC(=O)N(CCC(=O)Nc1ccccc1C)c1ccccc1C. The van der Waals surface area contributed by atoms with Gasteiger partial charge in [0, 0.05) is 31.3 Å². The summed E-state index contributed by atoms with van der Waals surface area (Å²) in [4.78, 5) is 25.7. The molecule has 120 valence electrons. The van der Waals surface area contributed by atoms with Crippen molar-refractivity contribution in [2.75, 3.05) is 16.8 Å². The fraction of sp³-hybridized carbons (Fsp3) is 0.263. The van der Waals surface area contributed by atoms with E-state index in [1.807, 2.05) is 62.4 Å². The Morgan fingerprint density at radius 2 is 1.57 bits per heavy atom. The summed E-state index contributed by atoms with van der Waals surface area (Å²) in [5, 5.41) is 2.89. The number of benzene rings is 2. The second kappa shape index (κ2) is 7.58. The lowest BCUT2D eigenvalue weighted by Crippen LogP contribution is -2.32. The minimum Gasteiger partial charge on any atom is -0.326 e. The molecule has 0 aliphatic heterocycles. The quantitative estimate of drug-likeness (QED) is 0.915. The van der Waals surface area contributed by atoms with Gasteiger partial charge in [0.1, 0.15) is 0 Å². The van der Waals surface area contributed by atoms with E-state index in [4.69, 9.17) is 0 Å². The van der Waals surface area contributed by atoms with Crippen molar-refractivity contribution in [3.8, 4) is 0 Å². The molecule has 1 N–H and O–H groups in total. The fourth-order valence-electron chi connectivity index (χ4n) is 2.45. The van der Waals surface area contributed by atoms with Gasteiger partial charge in [-0.1, -0.05) is 36.4 Å². The van der Waals surface area contributed by atoms with Crippen LogP contribution in [-0.2, 0) is 9.59 Å². The first kappa shape index (κ1) is 16.7. The van der Waals surface area contributed by atoms with Crippen LogP contribution >= 0.6 is 0 Å². The summed E-state index contributed by atoms with van der Waals surface area (Å²) in [5.41, 5.74) is 3.69. The van der Waals surface area contributed by atoms with E-state index in [-0.39, 0.29) is 18.2 Å². The van der Waals surface area contributed by atoms with Gasteiger partial charge in [0.2, 0.25) is 11.8 Å². The normalized spacial score (nSPS) is 10.2. The average Bonchev–Trinajstić information content (AvgIpc) is 2.51. The van der Waals surface area contributed by atoms with Gasteiger partial charge in [-0.3, -0.25) is 9.59 Å². The van der Waals surface area contributed by atoms with Gasteiger partial charge in [0.25, 0.3) is 0 Å². The van der Waals surface area contributed by atoms with Crippen LogP contribution in [0.3, 0.4) is 0 Å². The third kappa shape index (κ3) is 4.42. The third-order valence-electron chi connectivity index (χ3n) is 3.77. The maximum Gasteiger partial charge on any atom is 0.226 e. The summed E-state index contributed by atoms with van der Waals surface area (Å²) < 4.78 is 0. The van der Waals surface area contributed by atoms with Gasteiger partial charge in [-0.25, -0.2) is 0 Å². The zero-order valence-corrected chi connectivity index (χ0v) is 13.8. The molecule has 4 nitrogen and oxygen atoms in total. The monoisotopic (exact) mass is 310 g/mol. The zero-order valence-electron chi connectivity index (χ0n) is 13.8. The number of nitrogens with zero attached hydrogens (tertiary/aromatic N) is 1. The molecule has 0 bridgehead atoms. The maximum absolute atomic E-state index is 12.2. The largest absolute Gasteiger partial charge is 0.326 e. The van der Waals surface area contributed by atoms with Crippen LogP contribution in [0.15, 0.2) is 48.5 Å². The Morgan fingerprint density at radius 1 is 0.957 bits per heavy atom. The lowest BCUT2D eigenvalue weighted by molar-refractivity contribution is -0.117. The van der Waals surface area contributed by atoms with Gasteiger partial charge in [-0.2, -0.15) is 0 Å². The Labute approximate surface area is 137 Å². The number of carbonyl (C=O) groups is 2. The van der Waals surface area contributed by atoms with Crippen molar-refractivity contribution < 1.29 is 9.59 Å². The van der Waals surface area contributed by atoms with Crippen molar-refractivity contribution in [2.45, 2.75) is 27.2 Å². The first-order valence-electron chi connectivity index (χ1n) is 7.68. The molecule has 23 heavy (non-hydrogen) atoms. The van der Waals surface area contributed by atoms with E-state index in [0.717, 1.165) is 22.5 Å². The molecule has 0 atom stereocenters. The molecule has 0 heterocycles. The number of aryl methyl sites for hydroxylation is 2. The van der Waals surface area contributed by atoms with Crippen molar-refractivity contribution in [1.29, 1.82) is 0 Å². The molecule has 2 rings (SSSR count). The summed E-state index contributed by atoms with van der Waals surface area (Å²) in [6, 6.07) is 15.3. The van der Waals surface area contributed by atoms with Crippen LogP contribution in [0.4, 0.5) is 11.4 Å². The lowest BCUT2D eigenvalue weighted by atomic mass is 10.1. The number of hydrogen-bond donors (Lipinski definition) is 1. The standard InChI is InChI=1S/C19H22N2O2/c1-14-8-4-6-10-17(14)20-19(23)12-13-21(16(3)22)18-11-7-5-9-15(18)2/h4-11H,12-13H2,1-3H3,(H,20,23). The number of para-hydroxylation sites is 2. The van der Waals surface area contributed by atoms with Crippen LogP contribution < -0.4 is 10.2 Å². The first-order valence-corrected chi connectivity index (χ1v) is 7.68. The van der Waals surface area contributed by atoms with Crippen molar-refractivity contribution >= 4 is 23.2 Å². The van der Waals surface area contributed by atoms with Crippen LogP contribution in [0.2, 0.25) is 0 Å². The molecule has 4 heteroatoms. The van der Waals surface area contributed by atoms with E-state index >= 15 is 0 Å². The summed E-state index contributed by atoms with van der Waals surface area (Å²) >= 11 is 0. The molecule has 2 aromatic rings. The Hall–Kier alpha value is -2.62. The molecule has 0 spiro atoms. The highest BCUT2D eigenvalue weighted by molar-refractivity contribution is 5.95. The molecule has 0 fully saturated rings. The smallest absolute Gasteiger partial charge is 0.226 e. The molecular formula is C19H22N2O2. The van der Waals surface area contributed by atoms with E-state index in [9.17, 15) is 9.59 Å². The summed E-state index contributed by atoms with van der Waals surface area (Å²) in [5.74, 6) is -0.165. The zero-order chi connectivity index (χ0) is 16.8. The molecule has 0 aliphatic carbocycles. The molecule has 0 saturated heterocycles. The number of hydrogen-bond acceptors (Lipinski definition) is 2. The molecule has 0 radical (unpaired) electrons. The molecule has 2 amide bonds. The van der Waals surface area contributed by atoms with E-state index in [1.165, 1.54) is 6.92 Å². The van der Waals surface area contributed by atoms with Crippen molar-refractivity contribution in [1.82, 2.24) is 0 Å². The van der Waals surface area contributed by atoms with Crippen molar-refractivity contribution in [2.24, 2.45) is 0 Å². The van der Waals surface area contributed by atoms with Gasteiger partial charge < -0.3 is 10.2 Å². The van der Waals surface area contributed by atoms with Gasteiger partial charge in [-0.05, 0) is 37.1 Å². The number of rotatable bonds is 5. The Bertz CT molecular complexity index is 710. The average molecular weight is 310 g/mol. The molecule has 0 saturated carbocycles. The van der Waals surface area contributed by atoms with E-state index in [2.05, 4.69) is 5.32 Å². The van der Waals surface area contributed by atoms with Crippen LogP contribution in [0.1, 0.15) is 24.5 Å². The van der Waals surface area contributed by atoms with Crippen molar-refractivity contribution in [3.05, 3.63) is 59.7 Å². The predicted molar refractivity (Wildman–Crippen MR) is 93.6 cm³/mol. The van der Waals surface area contributed by atoms with E-state index in [0.29, 0.717) is 6.54 Å². The summed E-state index contributed by atoms with van der Waals surface area (Å²) in [6.45, 7) is 5.78. The number of amides is 2. The molecule has 0 aromatic heterocycles. The van der Waals surface area contributed by atoms with E-state index in [1.54, 1.807) is 4.90 Å². The van der Waals surface area contributed by atoms with Gasteiger partial charge in [0.05, 0.1) is 0 Å². The van der Waals surface area contributed by atoms with Gasteiger partial charge in [-0.15, -0.1) is 0 Å².